The van der Waals surface area contributed by atoms with Crippen LogP contribution in [-0.4, -0.2) is 12.6 Å². The summed E-state index contributed by atoms with van der Waals surface area (Å²) < 4.78 is 6.09. The lowest BCUT2D eigenvalue weighted by Crippen LogP contribution is -2.18. The van der Waals surface area contributed by atoms with Gasteiger partial charge in [0.05, 0.1) is 11.6 Å². The van der Waals surface area contributed by atoms with Crippen molar-refractivity contribution in [1.29, 1.82) is 0 Å². The molecule has 0 bridgehead atoms. The van der Waals surface area contributed by atoms with Gasteiger partial charge in [0.15, 0.2) is 0 Å². The van der Waals surface area contributed by atoms with Crippen LogP contribution in [0.25, 0.3) is 0 Å². The van der Waals surface area contributed by atoms with Crippen LogP contribution >= 0.6 is 11.6 Å². The molecule has 0 spiro atoms. The average molecular weight is 294 g/mol. The van der Waals surface area contributed by atoms with E-state index in [0.717, 1.165) is 23.9 Å². The summed E-state index contributed by atoms with van der Waals surface area (Å²) in [7, 11) is 0. The minimum Gasteiger partial charge on any atom is -0.491 e. The molecule has 3 rings (SSSR count). The van der Waals surface area contributed by atoms with E-state index in [2.05, 4.69) is 11.4 Å². The van der Waals surface area contributed by atoms with Crippen molar-refractivity contribution in [2.75, 3.05) is 6.61 Å². The molecule has 20 heavy (non-hydrogen) atoms. The Morgan fingerprint density at radius 1 is 1.10 bits per heavy atom. The highest BCUT2D eigenvalue weighted by Crippen LogP contribution is 2.31. The first-order valence-corrected chi connectivity index (χ1v) is 8.34. The third-order valence-corrected chi connectivity index (χ3v) is 4.69. The predicted octanol–water partition coefficient (Wildman–Crippen LogP) is 4.55. The van der Waals surface area contributed by atoms with Gasteiger partial charge in [0.2, 0.25) is 0 Å². The lowest BCUT2D eigenvalue weighted by molar-refractivity contribution is 0.207. The van der Waals surface area contributed by atoms with Crippen molar-refractivity contribution in [1.82, 2.24) is 5.32 Å². The van der Waals surface area contributed by atoms with Crippen LogP contribution in [0.5, 0.6) is 5.75 Å². The van der Waals surface area contributed by atoms with Crippen molar-refractivity contribution in [3.8, 4) is 5.75 Å². The van der Waals surface area contributed by atoms with Gasteiger partial charge in [-0.15, -0.1) is 0 Å². The molecule has 2 aliphatic carbocycles. The summed E-state index contributed by atoms with van der Waals surface area (Å²) in [5.74, 6) is 1.61. The van der Waals surface area contributed by atoms with Gasteiger partial charge < -0.3 is 10.1 Å². The minimum absolute atomic E-state index is 0.708. The Kier molecular flexibility index (Phi) is 4.85. The third kappa shape index (κ3) is 3.89. The number of hydrogen-bond acceptors (Lipinski definition) is 2. The second-order valence-corrected chi connectivity index (χ2v) is 6.61. The highest BCUT2D eigenvalue weighted by atomic mass is 35.5. The van der Waals surface area contributed by atoms with Gasteiger partial charge in [-0.2, -0.15) is 0 Å². The van der Waals surface area contributed by atoms with E-state index < -0.39 is 0 Å². The molecule has 2 aliphatic rings. The van der Waals surface area contributed by atoms with E-state index in [0.29, 0.717) is 12.0 Å². The average Bonchev–Trinajstić information content (AvgIpc) is 3.29. The second kappa shape index (κ2) is 6.82. The molecule has 1 N–H and O–H groups in total. The van der Waals surface area contributed by atoms with Crippen molar-refractivity contribution in [2.24, 2.45) is 5.92 Å². The number of nitrogens with one attached hydrogen (secondary N) is 1. The maximum Gasteiger partial charge on any atom is 0.142 e. The fourth-order valence-corrected chi connectivity index (χ4v) is 3.20. The van der Waals surface area contributed by atoms with Gasteiger partial charge >= 0.3 is 0 Å². The first-order valence-electron chi connectivity index (χ1n) is 7.96. The molecule has 0 radical (unpaired) electrons. The van der Waals surface area contributed by atoms with E-state index in [4.69, 9.17) is 16.3 Å². The fourth-order valence-electron chi connectivity index (χ4n) is 2.95. The number of hydrogen-bond donors (Lipinski definition) is 1. The van der Waals surface area contributed by atoms with Crippen molar-refractivity contribution in [3.63, 3.8) is 0 Å². The summed E-state index contributed by atoms with van der Waals surface area (Å²) in [5, 5.41) is 4.29. The summed E-state index contributed by atoms with van der Waals surface area (Å²) in [6, 6.07) is 6.77. The zero-order chi connectivity index (χ0) is 13.8. The molecule has 0 saturated heterocycles. The lowest BCUT2D eigenvalue weighted by atomic mass is 9.90. The maximum atomic E-state index is 6.33. The standard InChI is InChI=1S/C17H24ClNO/c18-16-8-4-7-14(11-19-15-9-10-15)17(16)20-12-13-5-2-1-3-6-13/h4,7-8,13,15,19H,1-3,5-6,9-12H2. The highest BCUT2D eigenvalue weighted by Gasteiger charge is 2.21. The van der Waals surface area contributed by atoms with E-state index >= 15 is 0 Å². The first-order chi connectivity index (χ1) is 9.83. The topological polar surface area (TPSA) is 21.3 Å². The molecule has 0 unspecified atom stereocenters. The van der Waals surface area contributed by atoms with Crippen LogP contribution in [0.2, 0.25) is 5.02 Å². The minimum atomic E-state index is 0.708. The summed E-state index contributed by atoms with van der Waals surface area (Å²) in [6.07, 6.45) is 9.32. The quantitative estimate of drug-likeness (QED) is 0.831. The Morgan fingerprint density at radius 3 is 2.65 bits per heavy atom. The molecule has 0 amide bonds. The summed E-state index contributed by atoms with van der Waals surface area (Å²) in [4.78, 5) is 0. The highest BCUT2D eigenvalue weighted by molar-refractivity contribution is 6.32. The van der Waals surface area contributed by atoms with Crippen molar-refractivity contribution >= 4 is 11.6 Å². The van der Waals surface area contributed by atoms with Gasteiger partial charge in [-0.1, -0.05) is 43.0 Å². The largest absolute Gasteiger partial charge is 0.491 e. The molecule has 2 saturated carbocycles. The van der Waals surface area contributed by atoms with Gasteiger partial charge in [0.1, 0.15) is 5.75 Å². The SMILES string of the molecule is Clc1cccc(CNC2CC2)c1OCC1CCCCC1. The van der Waals surface area contributed by atoms with E-state index in [1.807, 2.05) is 12.1 Å². The molecule has 0 heterocycles. The number of benzene rings is 1. The third-order valence-electron chi connectivity index (χ3n) is 4.40. The molecular weight excluding hydrogens is 270 g/mol. The Balaban J connectivity index is 1.60. The molecule has 0 atom stereocenters. The van der Waals surface area contributed by atoms with Crippen LogP contribution in [-0.2, 0) is 6.54 Å². The number of para-hydroxylation sites is 1. The number of rotatable bonds is 6. The molecule has 3 heteroatoms. The molecular formula is C17H24ClNO. The van der Waals surface area contributed by atoms with Crippen LogP contribution in [0, 0.1) is 5.92 Å². The molecule has 110 valence electrons. The first kappa shape index (κ1) is 14.2. The molecule has 1 aromatic carbocycles. The van der Waals surface area contributed by atoms with Crippen LogP contribution in [0.1, 0.15) is 50.5 Å². The van der Waals surface area contributed by atoms with Crippen LogP contribution in [0.4, 0.5) is 0 Å². The van der Waals surface area contributed by atoms with Gasteiger partial charge in [-0.25, -0.2) is 0 Å². The van der Waals surface area contributed by atoms with Crippen LogP contribution in [0.15, 0.2) is 18.2 Å². The summed E-state index contributed by atoms with van der Waals surface area (Å²) >= 11 is 6.33. The zero-order valence-corrected chi connectivity index (χ0v) is 12.8. The summed E-state index contributed by atoms with van der Waals surface area (Å²) in [6.45, 7) is 1.69. The Labute approximate surface area is 126 Å². The normalized spacial score (nSPS) is 20.1. The van der Waals surface area contributed by atoms with E-state index in [-0.39, 0.29) is 0 Å². The molecule has 1 aromatic rings. The van der Waals surface area contributed by atoms with Gasteiger partial charge in [-0.3, -0.25) is 0 Å². The van der Waals surface area contributed by atoms with Gasteiger partial charge in [-0.05, 0) is 37.7 Å². The fraction of sp³-hybridized carbons (Fsp3) is 0.647. The van der Waals surface area contributed by atoms with E-state index in [1.54, 1.807) is 0 Å². The van der Waals surface area contributed by atoms with E-state index in [1.165, 1.54) is 50.5 Å². The van der Waals surface area contributed by atoms with Crippen LogP contribution in [0.3, 0.4) is 0 Å². The molecule has 0 aromatic heterocycles. The van der Waals surface area contributed by atoms with Gasteiger partial charge in [0.25, 0.3) is 0 Å². The smallest absolute Gasteiger partial charge is 0.142 e. The predicted molar refractivity (Wildman–Crippen MR) is 83.4 cm³/mol. The van der Waals surface area contributed by atoms with Crippen LogP contribution < -0.4 is 10.1 Å². The van der Waals surface area contributed by atoms with Gasteiger partial charge in [0, 0.05) is 18.2 Å². The second-order valence-electron chi connectivity index (χ2n) is 6.20. The number of halogens is 1. The molecule has 2 nitrogen and oxygen atoms in total. The van der Waals surface area contributed by atoms with Crippen molar-refractivity contribution < 1.29 is 4.74 Å². The molecule has 2 fully saturated rings. The lowest BCUT2D eigenvalue weighted by Gasteiger charge is -2.23. The summed E-state index contributed by atoms with van der Waals surface area (Å²) in [5.41, 5.74) is 1.19. The van der Waals surface area contributed by atoms with Crippen molar-refractivity contribution in [2.45, 2.75) is 57.5 Å². The van der Waals surface area contributed by atoms with Crippen molar-refractivity contribution in [3.05, 3.63) is 28.8 Å². The number of ether oxygens (including phenoxy) is 1. The molecule has 0 aliphatic heterocycles. The monoisotopic (exact) mass is 293 g/mol. The zero-order valence-electron chi connectivity index (χ0n) is 12.0. The Hall–Kier alpha value is -0.730. The van der Waals surface area contributed by atoms with E-state index in [9.17, 15) is 0 Å². The Morgan fingerprint density at radius 2 is 1.90 bits per heavy atom. The Bertz CT molecular complexity index is 439. The maximum absolute atomic E-state index is 6.33.